The van der Waals surface area contributed by atoms with Crippen molar-refractivity contribution in [1.29, 1.82) is 0 Å². The molecule has 1 N–H and O–H groups in total. The molecule has 2 aliphatic rings. The summed E-state index contributed by atoms with van der Waals surface area (Å²) in [5.74, 6) is 0. The molecule has 6 heteroatoms. The minimum atomic E-state index is -3.15. The second kappa shape index (κ2) is 5.00. The summed E-state index contributed by atoms with van der Waals surface area (Å²) in [4.78, 5) is 0. The number of rotatable bonds is 3. The summed E-state index contributed by atoms with van der Waals surface area (Å²) in [6.45, 7) is 2.73. The van der Waals surface area contributed by atoms with Gasteiger partial charge in [0.1, 0.15) is 0 Å². The highest BCUT2D eigenvalue weighted by atomic mass is 32.2. The highest BCUT2D eigenvalue weighted by molar-refractivity contribution is 7.89. The Kier molecular flexibility index (Phi) is 3.84. The van der Waals surface area contributed by atoms with Crippen molar-refractivity contribution in [2.75, 3.05) is 33.4 Å². The monoisotopic (exact) mass is 248 g/mol. The van der Waals surface area contributed by atoms with Crippen molar-refractivity contribution in [3.63, 3.8) is 0 Å². The van der Waals surface area contributed by atoms with Gasteiger partial charge in [-0.05, 0) is 25.8 Å². The average Bonchev–Trinajstić information content (AvgIpc) is 2.82. The van der Waals surface area contributed by atoms with Gasteiger partial charge in [-0.25, -0.2) is 8.42 Å². The van der Waals surface area contributed by atoms with Crippen LogP contribution in [0.5, 0.6) is 0 Å². The van der Waals surface area contributed by atoms with Gasteiger partial charge in [0, 0.05) is 20.2 Å². The van der Waals surface area contributed by atoms with Crippen molar-refractivity contribution in [3.8, 4) is 0 Å². The quantitative estimate of drug-likeness (QED) is 0.751. The van der Waals surface area contributed by atoms with E-state index < -0.39 is 10.0 Å². The number of sulfonamides is 1. The predicted molar refractivity (Wildman–Crippen MR) is 61.8 cm³/mol. The van der Waals surface area contributed by atoms with Crippen molar-refractivity contribution in [3.05, 3.63) is 0 Å². The molecule has 2 rings (SSSR count). The van der Waals surface area contributed by atoms with Crippen LogP contribution < -0.4 is 5.32 Å². The number of hydrogen-bond acceptors (Lipinski definition) is 4. The molecule has 0 aromatic heterocycles. The predicted octanol–water partition coefficient (Wildman–Crippen LogP) is -0.211. The second-order valence-corrected chi connectivity index (χ2v) is 6.82. The summed E-state index contributed by atoms with van der Waals surface area (Å²) in [5, 5.41) is 2.89. The van der Waals surface area contributed by atoms with Crippen LogP contribution in [0.25, 0.3) is 0 Å². The standard InChI is InChI=1S/C10H20N2O3S/c1-12(9-4-6-15-8-9)16(13,14)10-3-2-5-11-7-10/h9-11H,2-8H2,1H3. The Labute approximate surface area is 97.2 Å². The molecular weight excluding hydrogens is 228 g/mol. The lowest BCUT2D eigenvalue weighted by molar-refractivity contribution is 0.180. The van der Waals surface area contributed by atoms with Crippen LogP contribution in [0.1, 0.15) is 19.3 Å². The molecule has 0 spiro atoms. The topological polar surface area (TPSA) is 58.6 Å². The maximum Gasteiger partial charge on any atom is 0.218 e. The Morgan fingerprint density at radius 3 is 2.75 bits per heavy atom. The molecule has 2 heterocycles. The Morgan fingerprint density at radius 1 is 1.38 bits per heavy atom. The molecule has 2 atom stereocenters. The molecule has 0 aromatic carbocycles. The van der Waals surface area contributed by atoms with Crippen LogP contribution in [-0.2, 0) is 14.8 Å². The first-order valence-electron chi connectivity index (χ1n) is 5.87. The van der Waals surface area contributed by atoms with Gasteiger partial charge in [-0.1, -0.05) is 0 Å². The molecule has 0 bridgehead atoms. The summed E-state index contributed by atoms with van der Waals surface area (Å²) < 4.78 is 31.4. The van der Waals surface area contributed by atoms with E-state index in [9.17, 15) is 8.42 Å². The molecule has 2 unspecified atom stereocenters. The first kappa shape index (κ1) is 12.3. The largest absolute Gasteiger partial charge is 0.380 e. The van der Waals surface area contributed by atoms with Crippen molar-refractivity contribution >= 4 is 10.0 Å². The fourth-order valence-corrected chi connectivity index (χ4v) is 4.17. The molecule has 2 aliphatic heterocycles. The Bertz CT molecular complexity index is 319. The van der Waals surface area contributed by atoms with Gasteiger partial charge < -0.3 is 10.1 Å². The van der Waals surface area contributed by atoms with Gasteiger partial charge >= 0.3 is 0 Å². The van der Waals surface area contributed by atoms with Crippen LogP contribution in [0, 0.1) is 0 Å². The minimum absolute atomic E-state index is 0.0342. The van der Waals surface area contributed by atoms with Gasteiger partial charge in [-0.2, -0.15) is 4.31 Å². The molecule has 16 heavy (non-hydrogen) atoms. The minimum Gasteiger partial charge on any atom is -0.380 e. The normalized spacial score (nSPS) is 32.1. The smallest absolute Gasteiger partial charge is 0.218 e. The number of nitrogens with one attached hydrogen (secondary N) is 1. The zero-order valence-electron chi connectivity index (χ0n) is 9.68. The lowest BCUT2D eigenvalue weighted by atomic mass is 10.2. The first-order valence-corrected chi connectivity index (χ1v) is 7.38. The third-order valence-corrected chi connectivity index (χ3v) is 5.84. The van der Waals surface area contributed by atoms with Crippen molar-refractivity contribution in [1.82, 2.24) is 9.62 Å². The highest BCUT2D eigenvalue weighted by Crippen LogP contribution is 2.20. The fraction of sp³-hybridized carbons (Fsp3) is 1.00. The van der Waals surface area contributed by atoms with E-state index in [0.29, 0.717) is 19.8 Å². The molecule has 94 valence electrons. The Balaban J connectivity index is 2.04. The van der Waals surface area contributed by atoms with Crippen molar-refractivity contribution in [2.24, 2.45) is 0 Å². The van der Waals surface area contributed by atoms with Crippen LogP contribution in [0.2, 0.25) is 0 Å². The van der Waals surface area contributed by atoms with E-state index in [1.54, 1.807) is 7.05 Å². The molecule has 0 aliphatic carbocycles. The first-order chi connectivity index (χ1) is 7.62. The fourth-order valence-electron chi connectivity index (χ4n) is 2.33. The number of nitrogens with zero attached hydrogens (tertiary/aromatic N) is 1. The van der Waals surface area contributed by atoms with E-state index in [-0.39, 0.29) is 11.3 Å². The average molecular weight is 248 g/mol. The van der Waals surface area contributed by atoms with Gasteiger partial charge in [0.15, 0.2) is 0 Å². The lowest BCUT2D eigenvalue weighted by Crippen LogP contribution is -2.48. The SMILES string of the molecule is CN(C1CCOC1)S(=O)(=O)C1CCCNC1. The third kappa shape index (κ3) is 2.40. The number of hydrogen-bond donors (Lipinski definition) is 1. The molecule has 0 saturated carbocycles. The van der Waals surface area contributed by atoms with Gasteiger partial charge in [0.05, 0.1) is 17.9 Å². The van der Waals surface area contributed by atoms with Crippen LogP contribution in [0.15, 0.2) is 0 Å². The van der Waals surface area contributed by atoms with E-state index in [4.69, 9.17) is 4.74 Å². The summed E-state index contributed by atoms with van der Waals surface area (Å²) in [6.07, 6.45) is 2.53. The number of ether oxygens (including phenoxy) is 1. The van der Waals surface area contributed by atoms with E-state index in [1.165, 1.54) is 4.31 Å². The molecule has 0 amide bonds. The lowest BCUT2D eigenvalue weighted by Gasteiger charge is -2.30. The van der Waals surface area contributed by atoms with E-state index in [2.05, 4.69) is 5.32 Å². The Morgan fingerprint density at radius 2 is 2.19 bits per heavy atom. The van der Waals surface area contributed by atoms with Gasteiger partial charge in [-0.3, -0.25) is 0 Å². The second-order valence-electron chi connectivity index (χ2n) is 4.55. The van der Waals surface area contributed by atoms with Gasteiger partial charge in [0.2, 0.25) is 10.0 Å². The maximum atomic E-state index is 12.3. The zero-order valence-corrected chi connectivity index (χ0v) is 10.5. The summed E-state index contributed by atoms with van der Waals surface area (Å²) in [5.41, 5.74) is 0. The summed E-state index contributed by atoms with van der Waals surface area (Å²) >= 11 is 0. The molecule has 2 fully saturated rings. The van der Waals surface area contributed by atoms with Crippen LogP contribution in [0.3, 0.4) is 0 Å². The van der Waals surface area contributed by atoms with E-state index in [1.807, 2.05) is 0 Å². The van der Waals surface area contributed by atoms with Gasteiger partial charge in [-0.15, -0.1) is 0 Å². The van der Waals surface area contributed by atoms with Crippen molar-refractivity contribution in [2.45, 2.75) is 30.6 Å². The molecule has 0 aromatic rings. The van der Waals surface area contributed by atoms with Crippen LogP contribution in [-0.4, -0.2) is 57.4 Å². The van der Waals surface area contributed by atoms with E-state index in [0.717, 1.165) is 25.8 Å². The summed E-state index contributed by atoms with van der Waals surface area (Å²) in [7, 11) is -1.47. The highest BCUT2D eigenvalue weighted by Gasteiger charge is 2.35. The van der Waals surface area contributed by atoms with Crippen LogP contribution in [0.4, 0.5) is 0 Å². The molecular formula is C10H20N2O3S. The van der Waals surface area contributed by atoms with Crippen molar-refractivity contribution < 1.29 is 13.2 Å². The summed E-state index contributed by atoms with van der Waals surface area (Å²) in [6, 6.07) is 0.0342. The number of piperidine rings is 1. The molecule has 0 radical (unpaired) electrons. The maximum absolute atomic E-state index is 12.3. The number of likely N-dealkylation sites (N-methyl/N-ethyl adjacent to an activating group) is 1. The zero-order chi connectivity index (χ0) is 11.6. The Hall–Kier alpha value is -0.170. The third-order valence-electron chi connectivity index (χ3n) is 3.49. The van der Waals surface area contributed by atoms with Gasteiger partial charge in [0.25, 0.3) is 0 Å². The molecule has 2 saturated heterocycles. The molecule has 5 nitrogen and oxygen atoms in total. The van der Waals surface area contributed by atoms with Crippen LogP contribution >= 0.6 is 0 Å². The van der Waals surface area contributed by atoms with E-state index >= 15 is 0 Å².